The molecule has 0 radical (unpaired) electrons. The van der Waals surface area contributed by atoms with Gasteiger partial charge in [-0.15, -0.1) is 11.8 Å². The van der Waals surface area contributed by atoms with E-state index in [-0.39, 0.29) is 0 Å². The predicted molar refractivity (Wildman–Crippen MR) is 57.9 cm³/mol. The van der Waals surface area contributed by atoms with Crippen molar-refractivity contribution in [2.75, 3.05) is 5.75 Å². The fourth-order valence-corrected chi connectivity index (χ4v) is 1.77. The Morgan fingerprint density at radius 2 is 2.00 bits per heavy atom. The van der Waals surface area contributed by atoms with Crippen LogP contribution < -0.4 is 0 Å². The monoisotopic (exact) mass is 208 g/mol. The first-order chi connectivity index (χ1) is 6.77. The second kappa shape index (κ2) is 5.60. The summed E-state index contributed by atoms with van der Waals surface area (Å²) < 4.78 is 0. The molecule has 0 spiro atoms. The maximum Gasteiger partial charge on any atom is 0.225 e. The van der Waals surface area contributed by atoms with E-state index in [0.717, 1.165) is 17.1 Å². The third-order valence-corrected chi connectivity index (χ3v) is 2.94. The molecule has 1 rings (SSSR count). The minimum Gasteiger partial charge on any atom is -0.294 e. The lowest BCUT2D eigenvalue weighted by Gasteiger charge is -1.99. The topological polar surface area (TPSA) is 34.1 Å². The van der Waals surface area contributed by atoms with E-state index in [1.165, 1.54) is 0 Å². The molecule has 1 aromatic rings. The Labute approximate surface area is 87.7 Å². The van der Waals surface area contributed by atoms with Gasteiger partial charge in [0, 0.05) is 10.5 Å². The molecule has 0 amide bonds. The van der Waals surface area contributed by atoms with Gasteiger partial charge in [-0.2, -0.15) is 0 Å². The van der Waals surface area contributed by atoms with Crippen molar-refractivity contribution in [3.05, 3.63) is 29.8 Å². The first kappa shape index (κ1) is 11.0. The highest BCUT2D eigenvalue weighted by molar-refractivity contribution is 7.99. The molecule has 0 unspecified atom stereocenters. The van der Waals surface area contributed by atoms with Crippen LogP contribution in [0.5, 0.6) is 0 Å². The quantitative estimate of drug-likeness (QED) is 0.323. The van der Waals surface area contributed by atoms with Gasteiger partial charge in [0.1, 0.15) is 0 Å². The molecular weight excluding hydrogens is 196 g/mol. The number of hydrogen-bond donors (Lipinski definition) is 0. The Morgan fingerprint density at radius 3 is 2.50 bits per heavy atom. The van der Waals surface area contributed by atoms with Crippen molar-refractivity contribution >= 4 is 23.8 Å². The Hall–Kier alpha value is -1.09. The van der Waals surface area contributed by atoms with Gasteiger partial charge in [0.2, 0.25) is 5.78 Å². The summed E-state index contributed by atoms with van der Waals surface area (Å²) in [5.41, 5.74) is 0.459. The third-order valence-electron chi connectivity index (χ3n) is 1.72. The van der Waals surface area contributed by atoms with Gasteiger partial charge >= 0.3 is 0 Å². The summed E-state index contributed by atoms with van der Waals surface area (Å²) >= 11 is 1.75. The SMILES string of the molecule is CCCSc1ccc(C(=O)C=O)cc1. The van der Waals surface area contributed by atoms with E-state index in [0.29, 0.717) is 11.8 Å². The summed E-state index contributed by atoms with van der Waals surface area (Å²) in [5.74, 6) is 0.609. The van der Waals surface area contributed by atoms with Crippen molar-refractivity contribution in [1.29, 1.82) is 0 Å². The largest absolute Gasteiger partial charge is 0.294 e. The number of Topliss-reactive ketones (excluding diaryl/α,β-unsaturated/α-hetero) is 1. The standard InChI is InChI=1S/C11H12O2S/c1-2-7-14-10-5-3-9(4-6-10)11(13)8-12/h3-6,8H,2,7H2,1H3. The number of carbonyl (C=O) groups excluding carboxylic acids is 2. The minimum absolute atomic E-state index is 0.341. The van der Waals surface area contributed by atoms with Gasteiger partial charge in [-0.1, -0.05) is 6.92 Å². The van der Waals surface area contributed by atoms with Crippen LogP contribution in [-0.2, 0) is 4.79 Å². The fraction of sp³-hybridized carbons (Fsp3) is 0.273. The molecule has 0 heterocycles. The van der Waals surface area contributed by atoms with E-state index in [9.17, 15) is 9.59 Å². The summed E-state index contributed by atoms with van der Waals surface area (Å²) in [7, 11) is 0. The van der Waals surface area contributed by atoms with Crippen LogP contribution in [0.3, 0.4) is 0 Å². The summed E-state index contributed by atoms with van der Waals surface area (Å²) in [6.45, 7) is 2.12. The molecule has 0 fully saturated rings. The second-order valence-electron chi connectivity index (χ2n) is 2.85. The molecule has 0 aliphatic heterocycles. The van der Waals surface area contributed by atoms with Gasteiger partial charge in [-0.25, -0.2) is 0 Å². The maximum absolute atomic E-state index is 11.0. The van der Waals surface area contributed by atoms with Crippen molar-refractivity contribution in [1.82, 2.24) is 0 Å². The normalized spacial score (nSPS) is 9.79. The molecule has 0 aliphatic carbocycles. The molecule has 14 heavy (non-hydrogen) atoms. The van der Waals surface area contributed by atoms with Gasteiger partial charge in [0.15, 0.2) is 6.29 Å². The molecule has 74 valence electrons. The number of carbonyl (C=O) groups is 2. The summed E-state index contributed by atoms with van der Waals surface area (Å²) in [4.78, 5) is 22.3. The summed E-state index contributed by atoms with van der Waals surface area (Å²) in [6, 6.07) is 7.12. The van der Waals surface area contributed by atoms with Gasteiger partial charge < -0.3 is 0 Å². The zero-order valence-electron chi connectivity index (χ0n) is 8.03. The number of ketones is 1. The average molecular weight is 208 g/mol. The zero-order valence-corrected chi connectivity index (χ0v) is 8.84. The van der Waals surface area contributed by atoms with Crippen LogP contribution in [0.25, 0.3) is 0 Å². The molecule has 0 saturated heterocycles. The smallest absolute Gasteiger partial charge is 0.225 e. The Balaban J connectivity index is 2.68. The lowest BCUT2D eigenvalue weighted by molar-refractivity contribution is -0.104. The molecule has 0 atom stereocenters. The van der Waals surface area contributed by atoms with Crippen molar-refractivity contribution in [3.8, 4) is 0 Å². The van der Waals surface area contributed by atoms with Crippen molar-refractivity contribution in [2.45, 2.75) is 18.2 Å². The van der Waals surface area contributed by atoms with Crippen molar-refractivity contribution in [3.63, 3.8) is 0 Å². The molecule has 1 aromatic carbocycles. The van der Waals surface area contributed by atoms with Crippen LogP contribution in [0.15, 0.2) is 29.2 Å². The zero-order chi connectivity index (χ0) is 10.4. The molecular formula is C11H12O2S. The van der Waals surface area contributed by atoms with E-state index in [2.05, 4.69) is 6.92 Å². The first-order valence-electron chi connectivity index (χ1n) is 4.50. The highest BCUT2D eigenvalue weighted by Crippen LogP contribution is 2.18. The van der Waals surface area contributed by atoms with Crippen LogP contribution in [0.4, 0.5) is 0 Å². The first-order valence-corrected chi connectivity index (χ1v) is 5.49. The molecule has 0 aliphatic rings. The minimum atomic E-state index is -0.461. The predicted octanol–water partition coefficient (Wildman–Crippen LogP) is 2.57. The Morgan fingerprint density at radius 1 is 1.36 bits per heavy atom. The van der Waals surface area contributed by atoms with Gasteiger partial charge in [0.05, 0.1) is 0 Å². The number of rotatable bonds is 5. The maximum atomic E-state index is 11.0. The molecule has 0 aromatic heterocycles. The summed E-state index contributed by atoms with van der Waals surface area (Å²) in [6.07, 6.45) is 1.47. The number of thioether (sulfide) groups is 1. The Kier molecular flexibility index (Phi) is 4.40. The Bertz CT molecular complexity index is 317. The number of hydrogen-bond acceptors (Lipinski definition) is 3. The average Bonchev–Trinajstić information content (AvgIpc) is 2.26. The lowest BCUT2D eigenvalue weighted by Crippen LogP contribution is -1.98. The number of aldehydes is 1. The van der Waals surface area contributed by atoms with Crippen molar-refractivity contribution in [2.24, 2.45) is 0 Å². The second-order valence-corrected chi connectivity index (χ2v) is 4.02. The lowest BCUT2D eigenvalue weighted by atomic mass is 10.1. The molecule has 3 heteroatoms. The van der Waals surface area contributed by atoms with Gasteiger partial charge in [-0.3, -0.25) is 9.59 Å². The molecule has 0 saturated carbocycles. The van der Waals surface area contributed by atoms with Gasteiger partial charge in [-0.05, 0) is 36.4 Å². The van der Waals surface area contributed by atoms with E-state index >= 15 is 0 Å². The van der Waals surface area contributed by atoms with Crippen LogP contribution in [0.2, 0.25) is 0 Å². The van der Waals surface area contributed by atoms with Crippen molar-refractivity contribution < 1.29 is 9.59 Å². The van der Waals surface area contributed by atoms with Crippen LogP contribution in [-0.4, -0.2) is 17.8 Å². The van der Waals surface area contributed by atoms with E-state index < -0.39 is 5.78 Å². The van der Waals surface area contributed by atoms with E-state index in [1.54, 1.807) is 23.9 Å². The summed E-state index contributed by atoms with van der Waals surface area (Å²) in [5, 5.41) is 0. The fourth-order valence-electron chi connectivity index (χ4n) is 1.00. The molecule has 0 N–H and O–H groups in total. The van der Waals surface area contributed by atoms with Gasteiger partial charge in [0.25, 0.3) is 0 Å². The molecule has 2 nitrogen and oxygen atoms in total. The third kappa shape index (κ3) is 3.00. The highest BCUT2D eigenvalue weighted by atomic mass is 32.2. The number of benzene rings is 1. The highest BCUT2D eigenvalue weighted by Gasteiger charge is 2.02. The van der Waals surface area contributed by atoms with Crippen LogP contribution >= 0.6 is 11.8 Å². The van der Waals surface area contributed by atoms with E-state index in [1.807, 2.05) is 12.1 Å². The van der Waals surface area contributed by atoms with Crippen LogP contribution in [0.1, 0.15) is 23.7 Å². The van der Waals surface area contributed by atoms with E-state index in [4.69, 9.17) is 0 Å². The molecule has 0 bridgehead atoms. The van der Waals surface area contributed by atoms with Crippen LogP contribution in [0, 0.1) is 0 Å².